The van der Waals surface area contributed by atoms with E-state index in [2.05, 4.69) is 4.98 Å². The summed E-state index contributed by atoms with van der Waals surface area (Å²) in [6.07, 6.45) is 1.57. The van der Waals surface area contributed by atoms with E-state index in [1.165, 1.54) is 11.3 Å². The van der Waals surface area contributed by atoms with Gasteiger partial charge in [-0.25, -0.2) is 9.78 Å². The Morgan fingerprint density at radius 2 is 2.39 bits per heavy atom. The molecule has 18 heavy (non-hydrogen) atoms. The van der Waals surface area contributed by atoms with E-state index in [0.29, 0.717) is 29.7 Å². The second kappa shape index (κ2) is 6.32. The summed E-state index contributed by atoms with van der Waals surface area (Å²) in [7, 11) is 0. The van der Waals surface area contributed by atoms with Crippen LogP contribution in [0.15, 0.2) is 28.2 Å². The van der Waals surface area contributed by atoms with Crippen molar-refractivity contribution in [3.05, 3.63) is 29.5 Å². The quantitative estimate of drug-likeness (QED) is 0.594. The summed E-state index contributed by atoms with van der Waals surface area (Å²) in [5.41, 5.74) is 0.294. The standard InChI is InChI=1S/C12H13NO4S/c1-2-15-6-7-17-12(14)9-8-18-11(13-9)10-4-3-5-16-10/h3-5,8H,2,6-7H2,1H3. The molecule has 2 aromatic rings. The average Bonchev–Trinajstić information content (AvgIpc) is 3.03. The highest BCUT2D eigenvalue weighted by Crippen LogP contribution is 2.24. The lowest BCUT2D eigenvalue weighted by molar-refractivity contribution is 0.0330. The molecule has 0 amide bonds. The molecule has 0 spiro atoms. The molecule has 2 rings (SSSR count). The van der Waals surface area contributed by atoms with E-state index < -0.39 is 5.97 Å². The summed E-state index contributed by atoms with van der Waals surface area (Å²) < 4.78 is 15.3. The van der Waals surface area contributed by atoms with Gasteiger partial charge in [0.15, 0.2) is 16.5 Å². The van der Waals surface area contributed by atoms with E-state index >= 15 is 0 Å². The lowest BCUT2D eigenvalue weighted by Crippen LogP contribution is -2.11. The smallest absolute Gasteiger partial charge is 0.357 e. The minimum Gasteiger partial charge on any atom is -0.462 e. The number of aromatic nitrogens is 1. The van der Waals surface area contributed by atoms with Gasteiger partial charge >= 0.3 is 5.97 Å². The van der Waals surface area contributed by atoms with Crippen molar-refractivity contribution in [2.45, 2.75) is 6.92 Å². The molecule has 0 unspecified atom stereocenters. The largest absolute Gasteiger partial charge is 0.462 e. The molecule has 0 saturated carbocycles. The van der Waals surface area contributed by atoms with Crippen LogP contribution >= 0.6 is 11.3 Å². The van der Waals surface area contributed by atoms with Crippen molar-refractivity contribution in [2.24, 2.45) is 0 Å². The first-order valence-electron chi connectivity index (χ1n) is 5.55. The molecule has 0 aliphatic carbocycles. The molecule has 0 saturated heterocycles. The van der Waals surface area contributed by atoms with Crippen LogP contribution in [0.1, 0.15) is 17.4 Å². The molecular formula is C12H13NO4S. The van der Waals surface area contributed by atoms with Gasteiger partial charge in [0.1, 0.15) is 6.61 Å². The molecule has 0 fully saturated rings. The minimum atomic E-state index is -0.441. The number of thiazole rings is 1. The van der Waals surface area contributed by atoms with Crippen molar-refractivity contribution < 1.29 is 18.7 Å². The molecule has 0 radical (unpaired) electrons. The van der Waals surface area contributed by atoms with Crippen LogP contribution in [0.4, 0.5) is 0 Å². The fourth-order valence-corrected chi connectivity index (χ4v) is 2.05. The molecule has 96 valence electrons. The summed E-state index contributed by atoms with van der Waals surface area (Å²) in [6, 6.07) is 3.57. The molecule has 2 heterocycles. The van der Waals surface area contributed by atoms with Crippen LogP contribution in [-0.4, -0.2) is 30.8 Å². The Morgan fingerprint density at radius 3 is 3.11 bits per heavy atom. The maximum Gasteiger partial charge on any atom is 0.357 e. The topological polar surface area (TPSA) is 61.6 Å². The summed E-state index contributed by atoms with van der Waals surface area (Å²) in [5, 5.41) is 2.32. The Morgan fingerprint density at radius 1 is 1.50 bits per heavy atom. The van der Waals surface area contributed by atoms with Gasteiger partial charge in [-0.15, -0.1) is 11.3 Å². The van der Waals surface area contributed by atoms with E-state index in [1.54, 1.807) is 23.8 Å². The normalized spacial score (nSPS) is 10.5. The Labute approximate surface area is 108 Å². The van der Waals surface area contributed by atoms with Gasteiger partial charge in [0.05, 0.1) is 12.9 Å². The lowest BCUT2D eigenvalue weighted by atomic mass is 10.4. The van der Waals surface area contributed by atoms with Gasteiger partial charge in [-0.05, 0) is 19.1 Å². The van der Waals surface area contributed by atoms with Crippen molar-refractivity contribution in [3.8, 4) is 10.8 Å². The second-order valence-electron chi connectivity index (χ2n) is 3.35. The van der Waals surface area contributed by atoms with Gasteiger partial charge in [0, 0.05) is 12.0 Å². The molecule has 2 aromatic heterocycles. The van der Waals surface area contributed by atoms with Gasteiger partial charge in [-0.2, -0.15) is 0 Å². The summed E-state index contributed by atoms with van der Waals surface area (Å²) in [4.78, 5) is 15.8. The number of hydrogen-bond donors (Lipinski definition) is 0. The van der Waals surface area contributed by atoms with Crippen LogP contribution < -0.4 is 0 Å². The lowest BCUT2D eigenvalue weighted by Gasteiger charge is -2.02. The maximum atomic E-state index is 11.6. The van der Waals surface area contributed by atoms with Crippen LogP contribution in [0.25, 0.3) is 10.8 Å². The van der Waals surface area contributed by atoms with Gasteiger partial charge in [0.2, 0.25) is 0 Å². The van der Waals surface area contributed by atoms with Gasteiger partial charge in [-0.3, -0.25) is 0 Å². The van der Waals surface area contributed by atoms with Crippen LogP contribution in [-0.2, 0) is 9.47 Å². The molecule has 0 aliphatic heterocycles. The monoisotopic (exact) mass is 267 g/mol. The molecule has 0 N–H and O–H groups in total. The van der Waals surface area contributed by atoms with Gasteiger partial charge in [-0.1, -0.05) is 0 Å². The zero-order chi connectivity index (χ0) is 12.8. The molecule has 5 nitrogen and oxygen atoms in total. The average molecular weight is 267 g/mol. The van der Waals surface area contributed by atoms with Crippen molar-refractivity contribution in [2.75, 3.05) is 19.8 Å². The number of rotatable bonds is 6. The first-order chi connectivity index (χ1) is 8.81. The molecule has 0 bridgehead atoms. The number of ether oxygens (including phenoxy) is 2. The van der Waals surface area contributed by atoms with E-state index in [-0.39, 0.29) is 6.61 Å². The molecule has 0 atom stereocenters. The maximum absolute atomic E-state index is 11.6. The van der Waals surface area contributed by atoms with E-state index in [4.69, 9.17) is 13.9 Å². The predicted octanol–water partition coefficient (Wildman–Crippen LogP) is 2.60. The fraction of sp³-hybridized carbons (Fsp3) is 0.333. The van der Waals surface area contributed by atoms with Crippen LogP contribution in [0.5, 0.6) is 0 Å². The Bertz CT molecular complexity index is 492. The predicted molar refractivity (Wildman–Crippen MR) is 66.6 cm³/mol. The number of furan rings is 1. The first kappa shape index (κ1) is 12.8. The minimum absolute atomic E-state index is 0.236. The van der Waals surface area contributed by atoms with Crippen molar-refractivity contribution in [1.29, 1.82) is 0 Å². The number of esters is 1. The summed E-state index contributed by atoms with van der Waals surface area (Å²) in [6.45, 7) is 3.13. The van der Waals surface area contributed by atoms with Crippen molar-refractivity contribution >= 4 is 17.3 Å². The van der Waals surface area contributed by atoms with E-state index in [0.717, 1.165) is 0 Å². The number of carbonyl (C=O) groups excluding carboxylic acids is 1. The zero-order valence-corrected chi connectivity index (χ0v) is 10.7. The molecule has 0 aliphatic rings. The number of carbonyl (C=O) groups is 1. The fourth-order valence-electron chi connectivity index (χ4n) is 1.29. The molecule has 0 aromatic carbocycles. The Balaban J connectivity index is 1.91. The van der Waals surface area contributed by atoms with Crippen LogP contribution in [0.2, 0.25) is 0 Å². The van der Waals surface area contributed by atoms with Crippen LogP contribution in [0, 0.1) is 0 Å². The number of nitrogens with zero attached hydrogens (tertiary/aromatic N) is 1. The summed E-state index contributed by atoms with van der Waals surface area (Å²) in [5.74, 6) is 0.206. The third kappa shape index (κ3) is 3.18. The van der Waals surface area contributed by atoms with E-state index in [9.17, 15) is 4.79 Å². The van der Waals surface area contributed by atoms with Crippen molar-refractivity contribution in [3.63, 3.8) is 0 Å². The summed E-state index contributed by atoms with van der Waals surface area (Å²) >= 11 is 1.34. The third-order valence-electron chi connectivity index (χ3n) is 2.11. The first-order valence-corrected chi connectivity index (χ1v) is 6.43. The van der Waals surface area contributed by atoms with E-state index in [1.807, 2.05) is 6.92 Å². The Hall–Kier alpha value is -1.66. The third-order valence-corrected chi connectivity index (χ3v) is 2.97. The molecular weight excluding hydrogens is 254 g/mol. The highest BCUT2D eigenvalue weighted by atomic mass is 32.1. The highest BCUT2D eigenvalue weighted by Gasteiger charge is 2.14. The zero-order valence-electron chi connectivity index (χ0n) is 9.92. The van der Waals surface area contributed by atoms with Gasteiger partial charge < -0.3 is 13.9 Å². The van der Waals surface area contributed by atoms with Crippen molar-refractivity contribution in [1.82, 2.24) is 4.98 Å². The Kier molecular flexibility index (Phi) is 4.49. The second-order valence-corrected chi connectivity index (χ2v) is 4.21. The number of hydrogen-bond acceptors (Lipinski definition) is 6. The SMILES string of the molecule is CCOCCOC(=O)c1csc(-c2ccco2)n1. The molecule has 6 heteroatoms. The van der Waals surface area contributed by atoms with Gasteiger partial charge in [0.25, 0.3) is 0 Å². The highest BCUT2D eigenvalue weighted by molar-refractivity contribution is 7.13. The van der Waals surface area contributed by atoms with Crippen LogP contribution in [0.3, 0.4) is 0 Å².